The number of hydrogen-bond donors (Lipinski definition) is 1. The van der Waals surface area contributed by atoms with E-state index in [2.05, 4.69) is 21.2 Å². The van der Waals surface area contributed by atoms with Crippen LogP contribution in [0.1, 0.15) is 51.1 Å². The number of ether oxygens (including phenoxy) is 1. The lowest BCUT2D eigenvalue weighted by atomic mass is 9.95. The van der Waals surface area contributed by atoms with E-state index in [1.54, 1.807) is 19.1 Å². The molecule has 1 amide bonds. The number of anilines is 1. The van der Waals surface area contributed by atoms with E-state index in [1.165, 1.54) is 11.3 Å². The molecule has 0 atom stereocenters. The molecule has 0 spiro atoms. The quantitative estimate of drug-likeness (QED) is 0.455. The van der Waals surface area contributed by atoms with Gasteiger partial charge in [-0.3, -0.25) is 4.79 Å². The molecular formula is C22H20BrNO4S. The van der Waals surface area contributed by atoms with Crippen molar-refractivity contribution >= 4 is 44.1 Å². The second-order valence-corrected chi connectivity index (χ2v) is 8.78. The molecule has 0 saturated carbocycles. The van der Waals surface area contributed by atoms with Crippen molar-refractivity contribution < 1.29 is 18.7 Å². The van der Waals surface area contributed by atoms with E-state index in [-0.39, 0.29) is 17.6 Å². The Bertz CT molecular complexity index is 1070. The van der Waals surface area contributed by atoms with Gasteiger partial charge in [0, 0.05) is 14.9 Å². The number of aryl methyl sites for hydroxylation is 1. The summed E-state index contributed by atoms with van der Waals surface area (Å²) < 4.78 is 11.9. The molecule has 0 bridgehead atoms. The van der Waals surface area contributed by atoms with Gasteiger partial charge in [0.05, 0.1) is 12.2 Å². The molecule has 1 aromatic carbocycles. The first kappa shape index (κ1) is 19.9. The zero-order valence-corrected chi connectivity index (χ0v) is 18.3. The molecular weight excluding hydrogens is 454 g/mol. The summed E-state index contributed by atoms with van der Waals surface area (Å²) in [6.07, 6.45) is 3.90. The van der Waals surface area contributed by atoms with Crippen LogP contribution >= 0.6 is 27.3 Å². The average molecular weight is 474 g/mol. The molecule has 7 heteroatoms. The van der Waals surface area contributed by atoms with Crippen LogP contribution in [0.2, 0.25) is 0 Å². The highest BCUT2D eigenvalue weighted by atomic mass is 79.9. The maximum atomic E-state index is 12.8. The van der Waals surface area contributed by atoms with Gasteiger partial charge in [0.25, 0.3) is 5.91 Å². The van der Waals surface area contributed by atoms with E-state index in [0.29, 0.717) is 22.9 Å². The average Bonchev–Trinajstić information content (AvgIpc) is 3.33. The molecule has 5 nitrogen and oxygen atoms in total. The molecule has 3 aromatic rings. The fourth-order valence-corrected chi connectivity index (χ4v) is 5.17. The van der Waals surface area contributed by atoms with Crippen molar-refractivity contribution in [3.63, 3.8) is 0 Å². The Morgan fingerprint density at radius 1 is 1.21 bits per heavy atom. The van der Waals surface area contributed by atoms with Crippen molar-refractivity contribution in [2.75, 3.05) is 11.9 Å². The highest BCUT2D eigenvalue weighted by Crippen LogP contribution is 2.39. The van der Waals surface area contributed by atoms with Gasteiger partial charge < -0.3 is 14.5 Å². The zero-order valence-electron chi connectivity index (χ0n) is 15.9. The molecule has 150 valence electrons. The molecule has 2 heterocycles. The van der Waals surface area contributed by atoms with Crippen LogP contribution < -0.4 is 5.32 Å². The summed E-state index contributed by atoms with van der Waals surface area (Å²) in [6, 6.07) is 11.1. The molecule has 4 rings (SSSR count). The third kappa shape index (κ3) is 4.16. The summed E-state index contributed by atoms with van der Waals surface area (Å²) in [5, 5.41) is 3.42. The van der Waals surface area contributed by atoms with Gasteiger partial charge in [-0.05, 0) is 62.4 Å². The summed E-state index contributed by atoms with van der Waals surface area (Å²) in [7, 11) is 0. The molecule has 2 aromatic heterocycles. The van der Waals surface area contributed by atoms with Gasteiger partial charge in [-0.25, -0.2) is 4.79 Å². The van der Waals surface area contributed by atoms with Gasteiger partial charge in [0.15, 0.2) is 5.76 Å². The SMILES string of the molecule is CCOC(=O)c1c(NC(=O)c2ccc(-c3cccc(Br)c3)o2)sc2c1CCCC2. The van der Waals surface area contributed by atoms with Crippen LogP contribution in [0.25, 0.3) is 11.3 Å². The van der Waals surface area contributed by atoms with Crippen molar-refractivity contribution in [2.24, 2.45) is 0 Å². The number of carbonyl (C=O) groups is 2. The Morgan fingerprint density at radius 3 is 2.83 bits per heavy atom. The van der Waals surface area contributed by atoms with Gasteiger partial charge in [-0.2, -0.15) is 0 Å². The first-order valence-electron chi connectivity index (χ1n) is 9.55. The number of furan rings is 1. The molecule has 1 aliphatic carbocycles. The monoisotopic (exact) mass is 473 g/mol. The zero-order chi connectivity index (χ0) is 20.4. The number of hydrogen-bond acceptors (Lipinski definition) is 5. The molecule has 1 aliphatic rings. The van der Waals surface area contributed by atoms with Crippen molar-refractivity contribution in [3.8, 4) is 11.3 Å². The predicted molar refractivity (Wildman–Crippen MR) is 117 cm³/mol. The van der Waals surface area contributed by atoms with Crippen molar-refractivity contribution in [3.05, 3.63) is 62.6 Å². The Hall–Kier alpha value is -2.38. The van der Waals surface area contributed by atoms with Crippen LogP contribution in [0, 0.1) is 0 Å². The highest BCUT2D eigenvalue weighted by Gasteiger charge is 2.28. The molecule has 0 radical (unpaired) electrons. The lowest BCUT2D eigenvalue weighted by molar-refractivity contribution is 0.0526. The fourth-order valence-electron chi connectivity index (χ4n) is 3.49. The van der Waals surface area contributed by atoms with Crippen LogP contribution in [0.5, 0.6) is 0 Å². The van der Waals surface area contributed by atoms with Gasteiger partial charge >= 0.3 is 5.97 Å². The van der Waals surface area contributed by atoms with Crippen LogP contribution in [0.4, 0.5) is 5.00 Å². The summed E-state index contributed by atoms with van der Waals surface area (Å²) >= 11 is 4.90. The maximum Gasteiger partial charge on any atom is 0.341 e. The minimum atomic E-state index is -0.379. The number of nitrogens with one attached hydrogen (secondary N) is 1. The summed E-state index contributed by atoms with van der Waals surface area (Å²) in [5.74, 6) is 0.0422. The molecule has 29 heavy (non-hydrogen) atoms. The van der Waals surface area contributed by atoms with Gasteiger partial charge in [0.1, 0.15) is 10.8 Å². The van der Waals surface area contributed by atoms with E-state index in [0.717, 1.165) is 46.2 Å². The number of carbonyl (C=O) groups excluding carboxylic acids is 2. The lowest BCUT2D eigenvalue weighted by Crippen LogP contribution is -2.15. The standard InChI is InChI=1S/C22H20BrNO4S/c1-2-27-22(26)19-15-8-3-4-9-18(15)29-21(19)24-20(25)17-11-10-16(28-17)13-6-5-7-14(23)12-13/h5-7,10-12H,2-4,8-9H2,1H3,(H,24,25). The Balaban J connectivity index is 1.60. The van der Waals surface area contributed by atoms with Crippen LogP contribution in [-0.2, 0) is 17.6 Å². The van der Waals surface area contributed by atoms with Crippen molar-refractivity contribution in [2.45, 2.75) is 32.6 Å². The largest absolute Gasteiger partial charge is 0.462 e. The smallest absolute Gasteiger partial charge is 0.341 e. The van der Waals surface area contributed by atoms with E-state index < -0.39 is 0 Å². The van der Waals surface area contributed by atoms with Crippen LogP contribution in [0.15, 0.2) is 45.3 Å². The van der Waals surface area contributed by atoms with Gasteiger partial charge in [0.2, 0.25) is 0 Å². The summed E-state index contributed by atoms with van der Waals surface area (Å²) in [5.41, 5.74) is 2.39. The molecule has 0 aliphatic heterocycles. The second kappa shape index (κ2) is 8.55. The maximum absolute atomic E-state index is 12.8. The number of halogens is 1. The predicted octanol–water partition coefficient (Wildman–Crippen LogP) is 6.08. The molecule has 0 saturated heterocycles. The topological polar surface area (TPSA) is 68.5 Å². The third-order valence-corrected chi connectivity index (χ3v) is 6.52. The molecule has 0 fully saturated rings. The van der Waals surface area contributed by atoms with E-state index in [4.69, 9.17) is 9.15 Å². The number of esters is 1. The van der Waals surface area contributed by atoms with Crippen LogP contribution in [0.3, 0.4) is 0 Å². The van der Waals surface area contributed by atoms with Gasteiger partial charge in [-0.15, -0.1) is 11.3 Å². The third-order valence-electron chi connectivity index (χ3n) is 4.82. The van der Waals surface area contributed by atoms with Crippen molar-refractivity contribution in [1.82, 2.24) is 0 Å². The second-order valence-electron chi connectivity index (χ2n) is 6.76. The Labute approximate surface area is 181 Å². The van der Waals surface area contributed by atoms with Crippen LogP contribution in [-0.4, -0.2) is 18.5 Å². The summed E-state index contributed by atoms with van der Waals surface area (Å²) in [6.45, 7) is 2.08. The number of thiophene rings is 1. The number of rotatable bonds is 5. The van der Waals surface area contributed by atoms with E-state index in [1.807, 2.05) is 24.3 Å². The normalized spacial score (nSPS) is 13.0. The first-order chi connectivity index (χ1) is 14.1. The minimum Gasteiger partial charge on any atom is -0.462 e. The van der Waals surface area contributed by atoms with E-state index in [9.17, 15) is 9.59 Å². The first-order valence-corrected chi connectivity index (χ1v) is 11.2. The molecule has 1 N–H and O–H groups in total. The van der Waals surface area contributed by atoms with Gasteiger partial charge in [-0.1, -0.05) is 28.1 Å². The van der Waals surface area contributed by atoms with E-state index >= 15 is 0 Å². The highest BCUT2D eigenvalue weighted by molar-refractivity contribution is 9.10. The minimum absolute atomic E-state index is 0.196. The Kier molecular flexibility index (Phi) is 5.87. The number of benzene rings is 1. The Morgan fingerprint density at radius 2 is 2.03 bits per heavy atom. The lowest BCUT2D eigenvalue weighted by Gasteiger charge is -2.12. The fraction of sp³-hybridized carbons (Fsp3) is 0.273. The van der Waals surface area contributed by atoms with Crippen molar-refractivity contribution in [1.29, 1.82) is 0 Å². The molecule has 0 unspecified atom stereocenters. The number of fused-ring (bicyclic) bond motifs is 1. The summed E-state index contributed by atoms with van der Waals surface area (Å²) in [4.78, 5) is 26.5. The number of amides is 1.